The highest BCUT2D eigenvalue weighted by atomic mass is 35.5. The first-order valence-electron chi connectivity index (χ1n) is 5.41. The van der Waals surface area contributed by atoms with Crippen LogP contribution in [0.1, 0.15) is 10.6 Å². The lowest BCUT2D eigenvalue weighted by atomic mass is 10.2. The van der Waals surface area contributed by atoms with Gasteiger partial charge >= 0.3 is 0 Å². The number of thiazole rings is 1. The molecule has 0 saturated heterocycles. The van der Waals surface area contributed by atoms with Gasteiger partial charge in [0, 0.05) is 17.1 Å². The Morgan fingerprint density at radius 2 is 2.20 bits per heavy atom. The van der Waals surface area contributed by atoms with E-state index >= 15 is 0 Å². The number of aromatic nitrogens is 1. The lowest BCUT2D eigenvalue weighted by Gasteiger charge is -2.09. The summed E-state index contributed by atoms with van der Waals surface area (Å²) in [6.07, 6.45) is 1.56. The minimum Gasteiger partial charge on any atom is -0.392 e. The fourth-order valence-electron chi connectivity index (χ4n) is 1.47. The van der Waals surface area contributed by atoms with Gasteiger partial charge in [-0.1, -0.05) is 11.6 Å². The topological polar surface area (TPSA) is 79.3 Å². The quantitative estimate of drug-likeness (QED) is 0.874. The van der Waals surface area contributed by atoms with Gasteiger partial charge in [0.1, 0.15) is 10.8 Å². The zero-order valence-electron chi connectivity index (χ0n) is 10.0. The van der Waals surface area contributed by atoms with Crippen LogP contribution >= 0.6 is 22.9 Å². The molecule has 5 nitrogen and oxygen atoms in total. The predicted octanol–water partition coefficient (Wildman–Crippen LogP) is 1.91. The van der Waals surface area contributed by atoms with E-state index in [-0.39, 0.29) is 22.0 Å². The minimum absolute atomic E-state index is 0.0126. The summed E-state index contributed by atoms with van der Waals surface area (Å²) in [5.74, 6) is -0.896. The van der Waals surface area contributed by atoms with E-state index in [0.29, 0.717) is 5.01 Å². The van der Waals surface area contributed by atoms with Gasteiger partial charge in [0.25, 0.3) is 0 Å². The molecule has 0 spiro atoms. The predicted molar refractivity (Wildman–Crippen MR) is 73.5 cm³/mol. The lowest BCUT2D eigenvalue weighted by Crippen LogP contribution is -2.23. The van der Waals surface area contributed by atoms with Gasteiger partial charge in [-0.2, -0.15) is 0 Å². The third-order valence-electron chi connectivity index (χ3n) is 2.45. The summed E-state index contributed by atoms with van der Waals surface area (Å²) in [6, 6.07) is 1.95. The van der Waals surface area contributed by atoms with Crippen LogP contribution in [0.25, 0.3) is 0 Å². The molecule has 0 bridgehead atoms. The molecule has 1 aromatic heterocycles. The summed E-state index contributed by atoms with van der Waals surface area (Å²) in [6.45, 7) is -0.537. The normalized spacial score (nSPS) is 11.8. The molecular weight excluding hydrogens is 327 g/mol. The molecule has 0 radical (unpaired) electrons. The fraction of sp³-hybridized carbons (Fsp3) is 0.182. The highest BCUT2D eigenvalue weighted by Crippen LogP contribution is 2.24. The van der Waals surface area contributed by atoms with E-state index in [1.54, 1.807) is 11.6 Å². The summed E-state index contributed by atoms with van der Waals surface area (Å²) < 4.78 is 39.9. The zero-order valence-corrected chi connectivity index (χ0v) is 12.4. The Bertz CT molecular complexity index is 705. The number of rotatable bonds is 5. The fourth-order valence-corrected chi connectivity index (χ4v) is 3.33. The molecular formula is C11H10ClFN2O3S2. The molecule has 0 aliphatic carbocycles. The standard InChI is InChI=1S/C11H10ClFN2O3S2/c12-11-7(6-16)3-8(4-9(11)13)20(17,18)15-5-10-14-1-2-19-10/h1-4,15-16H,5-6H2. The van der Waals surface area contributed by atoms with Crippen molar-refractivity contribution in [1.82, 2.24) is 9.71 Å². The Kier molecular flexibility index (Phi) is 4.71. The summed E-state index contributed by atoms with van der Waals surface area (Å²) >= 11 is 6.91. The maximum Gasteiger partial charge on any atom is 0.241 e. The van der Waals surface area contributed by atoms with E-state index in [4.69, 9.17) is 16.7 Å². The first-order valence-corrected chi connectivity index (χ1v) is 8.15. The Morgan fingerprint density at radius 3 is 2.80 bits per heavy atom. The summed E-state index contributed by atoms with van der Waals surface area (Å²) in [5, 5.41) is 11.1. The molecule has 0 unspecified atom stereocenters. The third kappa shape index (κ3) is 3.33. The van der Waals surface area contributed by atoms with Crippen molar-refractivity contribution >= 4 is 33.0 Å². The molecule has 0 aliphatic rings. The number of benzene rings is 1. The van der Waals surface area contributed by atoms with Gasteiger partial charge in [-0.05, 0) is 12.1 Å². The number of nitrogens with one attached hydrogen (secondary N) is 1. The molecule has 2 rings (SSSR count). The van der Waals surface area contributed by atoms with E-state index in [2.05, 4.69) is 9.71 Å². The summed E-state index contributed by atoms with van der Waals surface area (Å²) in [5.41, 5.74) is 0.0151. The molecule has 0 fully saturated rings. The minimum atomic E-state index is -3.90. The number of sulfonamides is 1. The first kappa shape index (κ1) is 15.3. The number of hydrogen-bond donors (Lipinski definition) is 2. The van der Waals surface area contributed by atoms with Gasteiger partial charge < -0.3 is 5.11 Å². The Hall–Kier alpha value is -1.06. The van der Waals surface area contributed by atoms with E-state index in [1.165, 1.54) is 11.3 Å². The van der Waals surface area contributed by atoms with Crippen molar-refractivity contribution in [2.45, 2.75) is 18.0 Å². The van der Waals surface area contributed by atoms with Gasteiger partial charge in [0.05, 0.1) is 23.1 Å². The number of aliphatic hydroxyl groups excluding tert-OH is 1. The van der Waals surface area contributed by atoms with Gasteiger partial charge in [0.15, 0.2) is 0 Å². The SMILES string of the molecule is O=S(=O)(NCc1nccs1)c1cc(F)c(Cl)c(CO)c1. The van der Waals surface area contributed by atoms with Crippen LogP contribution in [0, 0.1) is 5.82 Å². The third-order valence-corrected chi connectivity index (χ3v) is 5.04. The zero-order chi connectivity index (χ0) is 14.8. The highest BCUT2D eigenvalue weighted by molar-refractivity contribution is 7.89. The molecule has 0 saturated carbocycles. The molecule has 0 aliphatic heterocycles. The number of hydrogen-bond acceptors (Lipinski definition) is 5. The van der Waals surface area contributed by atoms with Gasteiger partial charge in [-0.3, -0.25) is 0 Å². The monoisotopic (exact) mass is 336 g/mol. The number of nitrogens with zero attached hydrogens (tertiary/aromatic N) is 1. The van der Waals surface area contributed by atoms with Gasteiger partial charge in [0.2, 0.25) is 10.0 Å². The lowest BCUT2D eigenvalue weighted by molar-refractivity contribution is 0.281. The largest absolute Gasteiger partial charge is 0.392 e. The first-order chi connectivity index (χ1) is 9.44. The Labute approximate surface area is 124 Å². The average molecular weight is 337 g/mol. The van der Waals surface area contributed by atoms with Crippen molar-refractivity contribution < 1.29 is 17.9 Å². The van der Waals surface area contributed by atoms with Crippen LogP contribution in [0.15, 0.2) is 28.6 Å². The van der Waals surface area contributed by atoms with E-state index < -0.39 is 22.4 Å². The molecule has 108 valence electrons. The van der Waals surface area contributed by atoms with E-state index in [0.717, 1.165) is 12.1 Å². The summed E-state index contributed by atoms with van der Waals surface area (Å²) in [4.78, 5) is 3.64. The molecule has 1 aromatic carbocycles. The number of aliphatic hydroxyl groups is 1. The van der Waals surface area contributed by atoms with Crippen molar-refractivity contribution in [3.63, 3.8) is 0 Å². The molecule has 0 amide bonds. The Morgan fingerprint density at radius 1 is 1.45 bits per heavy atom. The van der Waals surface area contributed by atoms with Crippen molar-refractivity contribution in [3.8, 4) is 0 Å². The van der Waals surface area contributed by atoms with Crippen LogP contribution in [0.4, 0.5) is 4.39 Å². The van der Waals surface area contributed by atoms with Crippen LogP contribution in [-0.4, -0.2) is 18.5 Å². The van der Waals surface area contributed by atoms with Crippen molar-refractivity contribution in [2.75, 3.05) is 0 Å². The van der Waals surface area contributed by atoms with Crippen LogP contribution in [0.3, 0.4) is 0 Å². The van der Waals surface area contributed by atoms with E-state index in [1.807, 2.05) is 0 Å². The molecule has 2 N–H and O–H groups in total. The molecule has 20 heavy (non-hydrogen) atoms. The second-order valence-corrected chi connectivity index (χ2v) is 6.91. The highest BCUT2D eigenvalue weighted by Gasteiger charge is 2.19. The smallest absolute Gasteiger partial charge is 0.241 e. The molecule has 0 atom stereocenters. The summed E-state index contributed by atoms with van der Waals surface area (Å²) in [7, 11) is -3.90. The van der Waals surface area contributed by atoms with Crippen molar-refractivity contribution in [3.05, 3.63) is 45.1 Å². The van der Waals surface area contributed by atoms with Gasteiger partial charge in [-0.15, -0.1) is 11.3 Å². The van der Waals surface area contributed by atoms with E-state index in [9.17, 15) is 12.8 Å². The molecule has 1 heterocycles. The molecule has 2 aromatic rings. The van der Waals surface area contributed by atoms with Crippen LogP contribution in [0.5, 0.6) is 0 Å². The Balaban J connectivity index is 2.27. The van der Waals surface area contributed by atoms with Crippen molar-refractivity contribution in [2.24, 2.45) is 0 Å². The van der Waals surface area contributed by atoms with Crippen LogP contribution < -0.4 is 4.72 Å². The van der Waals surface area contributed by atoms with Crippen molar-refractivity contribution in [1.29, 1.82) is 0 Å². The average Bonchev–Trinajstić information content (AvgIpc) is 2.92. The molecule has 9 heteroatoms. The van der Waals surface area contributed by atoms with Crippen LogP contribution in [-0.2, 0) is 23.2 Å². The maximum atomic E-state index is 13.5. The second kappa shape index (κ2) is 6.15. The number of halogens is 2. The van der Waals surface area contributed by atoms with Crippen LogP contribution in [0.2, 0.25) is 5.02 Å². The maximum absolute atomic E-state index is 13.5. The van der Waals surface area contributed by atoms with Gasteiger partial charge in [-0.25, -0.2) is 22.5 Å². The second-order valence-electron chi connectivity index (χ2n) is 3.79.